The Kier molecular flexibility index (Phi) is 13.3. The number of hydrogen-bond acceptors (Lipinski definition) is 6. The molecule has 206 valence electrons. The SMILES string of the molecule is CCC(C)C(N)C(=O)NC(C(=O)NC(CCC(N)=O)C(=O)NC(Cc1ccccc1)C(=O)O)C(C)CC. The van der Waals surface area contributed by atoms with Gasteiger partial charge in [-0.05, 0) is 23.8 Å². The number of aliphatic carboxylic acids is 1. The number of carbonyl (C=O) groups excluding carboxylic acids is 4. The second kappa shape index (κ2) is 15.6. The van der Waals surface area contributed by atoms with E-state index < -0.39 is 53.8 Å². The lowest BCUT2D eigenvalue weighted by molar-refractivity contribution is -0.142. The molecule has 0 aliphatic carbocycles. The molecule has 11 heteroatoms. The predicted molar refractivity (Wildman–Crippen MR) is 139 cm³/mol. The van der Waals surface area contributed by atoms with Crippen LogP contribution in [0.15, 0.2) is 30.3 Å². The maximum Gasteiger partial charge on any atom is 0.326 e. The third kappa shape index (κ3) is 10.6. The Morgan fingerprint density at radius 2 is 1.41 bits per heavy atom. The van der Waals surface area contributed by atoms with Crippen LogP contribution in [0.4, 0.5) is 0 Å². The van der Waals surface area contributed by atoms with Gasteiger partial charge in [0, 0.05) is 12.8 Å². The van der Waals surface area contributed by atoms with E-state index in [0.29, 0.717) is 18.4 Å². The Morgan fingerprint density at radius 1 is 0.838 bits per heavy atom. The molecule has 0 bridgehead atoms. The third-order valence-corrected chi connectivity index (χ3v) is 6.56. The molecule has 11 nitrogen and oxygen atoms in total. The van der Waals surface area contributed by atoms with Crippen molar-refractivity contribution in [3.05, 3.63) is 35.9 Å². The van der Waals surface area contributed by atoms with E-state index in [1.807, 2.05) is 20.8 Å². The molecule has 1 rings (SSSR count). The summed E-state index contributed by atoms with van der Waals surface area (Å²) in [6.45, 7) is 7.37. The maximum absolute atomic E-state index is 13.2. The number of carboxylic acids is 1. The summed E-state index contributed by atoms with van der Waals surface area (Å²) in [4.78, 5) is 62.2. The summed E-state index contributed by atoms with van der Waals surface area (Å²) in [5.74, 6) is -4.23. The summed E-state index contributed by atoms with van der Waals surface area (Å²) in [6.07, 6.45) is 0.898. The molecule has 0 fully saturated rings. The fraction of sp³-hybridized carbons (Fsp3) is 0.577. The summed E-state index contributed by atoms with van der Waals surface area (Å²) >= 11 is 0. The number of hydrogen-bond donors (Lipinski definition) is 6. The van der Waals surface area contributed by atoms with Crippen molar-refractivity contribution in [1.82, 2.24) is 16.0 Å². The number of carbonyl (C=O) groups is 5. The highest BCUT2D eigenvalue weighted by Gasteiger charge is 2.33. The Bertz CT molecular complexity index is 925. The van der Waals surface area contributed by atoms with Crippen LogP contribution < -0.4 is 27.4 Å². The van der Waals surface area contributed by atoms with Crippen molar-refractivity contribution in [1.29, 1.82) is 0 Å². The molecule has 0 aliphatic rings. The number of nitrogens with two attached hydrogens (primary N) is 2. The van der Waals surface area contributed by atoms with Crippen LogP contribution in [0.5, 0.6) is 0 Å². The minimum Gasteiger partial charge on any atom is -0.480 e. The van der Waals surface area contributed by atoms with Gasteiger partial charge in [-0.3, -0.25) is 19.2 Å². The van der Waals surface area contributed by atoms with E-state index in [9.17, 15) is 29.1 Å². The number of benzene rings is 1. The molecule has 0 saturated heterocycles. The molecule has 6 atom stereocenters. The van der Waals surface area contributed by atoms with Crippen molar-refractivity contribution in [2.75, 3.05) is 0 Å². The summed E-state index contributed by atoms with van der Waals surface area (Å²) in [6, 6.07) is 4.45. The Labute approximate surface area is 218 Å². The average molecular weight is 520 g/mol. The van der Waals surface area contributed by atoms with Crippen molar-refractivity contribution >= 4 is 29.6 Å². The molecular formula is C26H41N5O6. The van der Waals surface area contributed by atoms with E-state index in [0.717, 1.165) is 0 Å². The Morgan fingerprint density at radius 3 is 1.92 bits per heavy atom. The number of rotatable bonds is 16. The summed E-state index contributed by atoms with van der Waals surface area (Å²) in [5, 5.41) is 17.3. The average Bonchev–Trinajstić information content (AvgIpc) is 2.87. The van der Waals surface area contributed by atoms with Crippen molar-refractivity contribution in [3.63, 3.8) is 0 Å². The molecule has 1 aromatic rings. The smallest absolute Gasteiger partial charge is 0.326 e. The quantitative estimate of drug-likeness (QED) is 0.182. The van der Waals surface area contributed by atoms with Gasteiger partial charge < -0.3 is 32.5 Å². The van der Waals surface area contributed by atoms with Gasteiger partial charge in [-0.1, -0.05) is 70.9 Å². The molecule has 0 heterocycles. The fourth-order valence-electron chi connectivity index (χ4n) is 3.60. The van der Waals surface area contributed by atoms with Crippen molar-refractivity contribution < 1.29 is 29.1 Å². The van der Waals surface area contributed by atoms with Gasteiger partial charge >= 0.3 is 5.97 Å². The van der Waals surface area contributed by atoms with Gasteiger partial charge in [0.2, 0.25) is 23.6 Å². The molecule has 8 N–H and O–H groups in total. The van der Waals surface area contributed by atoms with Gasteiger partial charge in [0.15, 0.2) is 0 Å². The first-order chi connectivity index (χ1) is 17.4. The number of amides is 4. The van der Waals surface area contributed by atoms with Crippen molar-refractivity contribution in [2.45, 2.75) is 84.0 Å². The van der Waals surface area contributed by atoms with E-state index in [-0.39, 0.29) is 31.1 Å². The first kappa shape index (κ1) is 31.6. The molecule has 0 saturated carbocycles. The number of primary amides is 1. The minimum absolute atomic E-state index is 0.0252. The molecule has 4 amide bonds. The second-order valence-electron chi connectivity index (χ2n) is 9.44. The first-order valence-electron chi connectivity index (χ1n) is 12.6. The molecule has 0 aromatic heterocycles. The molecule has 0 aliphatic heterocycles. The van der Waals surface area contributed by atoms with Crippen molar-refractivity contribution in [3.8, 4) is 0 Å². The van der Waals surface area contributed by atoms with E-state index in [1.54, 1.807) is 37.3 Å². The zero-order chi connectivity index (χ0) is 28.1. The maximum atomic E-state index is 13.2. The lowest BCUT2D eigenvalue weighted by Crippen LogP contribution is -2.59. The molecule has 0 spiro atoms. The summed E-state index contributed by atoms with van der Waals surface area (Å²) in [5.41, 5.74) is 12.0. The van der Waals surface area contributed by atoms with Crippen LogP contribution in [0.1, 0.15) is 58.9 Å². The van der Waals surface area contributed by atoms with E-state index >= 15 is 0 Å². The van der Waals surface area contributed by atoms with Crippen LogP contribution in [0, 0.1) is 11.8 Å². The topological polar surface area (TPSA) is 194 Å². The van der Waals surface area contributed by atoms with E-state index in [1.165, 1.54) is 0 Å². The van der Waals surface area contributed by atoms with Gasteiger partial charge in [-0.25, -0.2) is 4.79 Å². The highest BCUT2D eigenvalue weighted by Crippen LogP contribution is 2.12. The highest BCUT2D eigenvalue weighted by atomic mass is 16.4. The van der Waals surface area contributed by atoms with Crippen molar-refractivity contribution in [2.24, 2.45) is 23.3 Å². The van der Waals surface area contributed by atoms with E-state index in [4.69, 9.17) is 11.5 Å². The normalized spacial score (nSPS) is 15.8. The zero-order valence-electron chi connectivity index (χ0n) is 22.0. The minimum atomic E-state index is -1.26. The van der Waals surface area contributed by atoms with E-state index in [2.05, 4.69) is 16.0 Å². The number of carboxylic acid groups (broad SMARTS) is 1. The standard InChI is InChI=1S/C26H41N5O6/c1-5-15(3)21(28)24(34)31-22(16(4)6-2)25(35)29-18(12-13-20(27)32)23(33)30-19(26(36)37)14-17-10-8-7-9-11-17/h7-11,15-16,18-19,21-22H,5-6,12-14,28H2,1-4H3,(H2,27,32)(H,29,35)(H,30,33)(H,31,34)(H,36,37). The van der Waals surface area contributed by atoms with Crippen LogP contribution >= 0.6 is 0 Å². The largest absolute Gasteiger partial charge is 0.480 e. The molecule has 6 unspecified atom stereocenters. The van der Waals surface area contributed by atoms with Gasteiger partial charge in [0.1, 0.15) is 18.1 Å². The molecule has 0 radical (unpaired) electrons. The zero-order valence-corrected chi connectivity index (χ0v) is 22.0. The number of nitrogens with one attached hydrogen (secondary N) is 3. The second-order valence-corrected chi connectivity index (χ2v) is 9.44. The summed E-state index contributed by atoms with van der Waals surface area (Å²) in [7, 11) is 0. The van der Waals surface area contributed by atoms with Gasteiger partial charge in [0.25, 0.3) is 0 Å². The van der Waals surface area contributed by atoms with Crippen LogP contribution in [-0.4, -0.2) is 58.9 Å². The highest BCUT2D eigenvalue weighted by molar-refractivity contribution is 5.94. The molecule has 1 aromatic carbocycles. The van der Waals surface area contributed by atoms with Crippen LogP contribution in [0.25, 0.3) is 0 Å². The Balaban J connectivity index is 3.07. The Hall–Kier alpha value is -3.47. The lowest BCUT2D eigenvalue weighted by Gasteiger charge is -2.28. The summed E-state index contributed by atoms with van der Waals surface area (Å²) < 4.78 is 0. The van der Waals surface area contributed by atoms with Gasteiger partial charge in [-0.2, -0.15) is 0 Å². The molecular weight excluding hydrogens is 478 g/mol. The van der Waals surface area contributed by atoms with Crippen LogP contribution in [-0.2, 0) is 30.4 Å². The van der Waals surface area contributed by atoms with Gasteiger partial charge in [0.05, 0.1) is 6.04 Å². The fourth-order valence-corrected chi connectivity index (χ4v) is 3.60. The van der Waals surface area contributed by atoms with Gasteiger partial charge in [-0.15, -0.1) is 0 Å². The monoisotopic (exact) mass is 519 g/mol. The lowest BCUT2D eigenvalue weighted by atomic mass is 9.95. The predicted octanol–water partition coefficient (Wildman–Crippen LogP) is 0.453. The van der Waals surface area contributed by atoms with Crippen LogP contribution in [0.3, 0.4) is 0 Å². The molecule has 37 heavy (non-hydrogen) atoms. The van der Waals surface area contributed by atoms with Crippen LogP contribution in [0.2, 0.25) is 0 Å². The third-order valence-electron chi connectivity index (χ3n) is 6.56. The first-order valence-corrected chi connectivity index (χ1v) is 12.6.